The van der Waals surface area contributed by atoms with Crippen molar-refractivity contribution in [1.82, 2.24) is 10.6 Å². The van der Waals surface area contributed by atoms with Crippen LogP contribution in [0.4, 0.5) is 0 Å². The zero-order chi connectivity index (χ0) is 23.7. The normalized spacial score (nSPS) is 14.1. The first-order valence-corrected chi connectivity index (χ1v) is 10.4. The second-order valence-corrected chi connectivity index (χ2v) is 8.46. The third kappa shape index (κ3) is 8.55. The van der Waals surface area contributed by atoms with Crippen LogP contribution in [0.3, 0.4) is 0 Å². The number of amides is 2. The summed E-state index contributed by atoms with van der Waals surface area (Å²) in [5.41, 5.74) is 7.19. The molecule has 0 aliphatic carbocycles. The SMILES string of the molecule is Cc1ccc(C(=O)N[C@@H](CC(C)C)C(=O)N[C@@H](CO)C(=O)O)c(OC[C@@H](N)C(C)C)c1. The molecule has 0 bridgehead atoms. The summed E-state index contributed by atoms with van der Waals surface area (Å²) in [6.45, 7) is 9.05. The molecule has 0 saturated heterocycles. The zero-order valence-corrected chi connectivity index (χ0v) is 18.8. The highest BCUT2D eigenvalue weighted by Crippen LogP contribution is 2.21. The van der Waals surface area contributed by atoms with Crippen LogP contribution in [0.15, 0.2) is 18.2 Å². The third-order valence-electron chi connectivity index (χ3n) is 4.80. The molecular weight excluding hydrogens is 402 g/mol. The van der Waals surface area contributed by atoms with Crippen LogP contribution in [0.25, 0.3) is 0 Å². The van der Waals surface area contributed by atoms with Gasteiger partial charge in [0.1, 0.15) is 24.4 Å². The maximum absolute atomic E-state index is 13.0. The number of carboxylic acid groups (broad SMARTS) is 1. The van der Waals surface area contributed by atoms with E-state index in [9.17, 15) is 14.4 Å². The van der Waals surface area contributed by atoms with Crippen molar-refractivity contribution in [2.75, 3.05) is 13.2 Å². The van der Waals surface area contributed by atoms with Gasteiger partial charge in [0.2, 0.25) is 5.91 Å². The number of aryl methyl sites for hydroxylation is 1. The van der Waals surface area contributed by atoms with Gasteiger partial charge in [-0.05, 0) is 42.9 Å². The molecule has 1 aromatic carbocycles. The molecule has 9 nitrogen and oxygen atoms in total. The Morgan fingerprint density at radius 3 is 2.26 bits per heavy atom. The number of carbonyl (C=O) groups is 3. The van der Waals surface area contributed by atoms with Gasteiger partial charge in [-0.2, -0.15) is 0 Å². The van der Waals surface area contributed by atoms with Gasteiger partial charge < -0.3 is 31.3 Å². The largest absolute Gasteiger partial charge is 0.491 e. The Hall–Kier alpha value is -2.65. The smallest absolute Gasteiger partial charge is 0.328 e. The lowest BCUT2D eigenvalue weighted by atomic mass is 10.0. The molecule has 0 radical (unpaired) electrons. The van der Waals surface area contributed by atoms with Crippen molar-refractivity contribution < 1.29 is 29.3 Å². The summed E-state index contributed by atoms with van der Waals surface area (Å²) in [5.74, 6) is -1.96. The molecule has 0 aliphatic rings. The fourth-order valence-electron chi connectivity index (χ4n) is 2.71. The standard InChI is InChI=1S/C22H35N3O6/c1-12(2)8-17(21(28)25-18(10-26)22(29)30)24-20(27)15-7-6-14(5)9-19(15)31-11-16(23)13(3)4/h6-7,9,12-13,16-18,26H,8,10-11,23H2,1-5H3,(H,24,27)(H,25,28)(H,29,30)/t16-,17+,18+/m1/s1. The molecule has 3 atom stereocenters. The molecule has 0 spiro atoms. The molecule has 0 unspecified atom stereocenters. The minimum atomic E-state index is -1.45. The van der Waals surface area contributed by atoms with E-state index in [0.29, 0.717) is 5.75 Å². The molecule has 0 fully saturated rings. The monoisotopic (exact) mass is 437 g/mol. The van der Waals surface area contributed by atoms with Gasteiger partial charge in [0, 0.05) is 6.04 Å². The number of carbonyl (C=O) groups excluding carboxylic acids is 2. The molecule has 174 valence electrons. The van der Waals surface area contributed by atoms with Crippen LogP contribution in [-0.2, 0) is 9.59 Å². The van der Waals surface area contributed by atoms with Crippen molar-refractivity contribution in [3.8, 4) is 5.75 Å². The van der Waals surface area contributed by atoms with E-state index >= 15 is 0 Å². The molecule has 0 aromatic heterocycles. The number of aliphatic hydroxyl groups excluding tert-OH is 1. The molecule has 9 heteroatoms. The molecule has 2 amide bonds. The Morgan fingerprint density at radius 1 is 1.10 bits per heavy atom. The number of benzene rings is 1. The Bertz CT molecular complexity index is 766. The van der Waals surface area contributed by atoms with Crippen molar-refractivity contribution in [3.63, 3.8) is 0 Å². The first-order valence-electron chi connectivity index (χ1n) is 10.4. The highest BCUT2D eigenvalue weighted by molar-refractivity contribution is 6.00. The van der Waals surface area contributed by atoms with Crippen molar-refractivity contribution in [2.24, 2.45) is 17.6 Å². The fraction of sp³-hybridized carbons (Fsp3) is 0.591. The van der Waals surface area contributed by atoms with Crippen molar-refractivity contribution in [1.29, 1.82) is 0 Å². The van der Waals surface area contributed by atoms with Crippen LogP contribution in [0.1, 0.15) is 50.0 Å². The predicted octanol–water partition coefficient (Wildman–Crippen LogP) is 1.06. The second-order valence-electron chi connectivity index (χ2n) is 8.46. The average molecular weight is 438 g/mol. The van der Waals surface area contributed by atoms with Crippen molar-refractivity contribution in [3.05, 3.63) is 29.3 Å². The van der Waals surface area contributed by atoms with E-state index in [1.165, 1.54) is 0 Å². The van der Waals surface area contributed by atoms with Crippen LogP contribution in [-0.4, -0.2) is 59.3 Å². The summed E-state index contributed by atoms with van der Waals surface area (Å²) in [5, 5.41) is 23.1. The number of hydrogen-bond acceptors (Lipinski definition) is 6. The van der Waals surface area contributed by atoms with E-state index in [1.54, 1.807) is 18.2 Å². The molecule has 1 rings (SSSR count). The van der Waals surface area contributed by atoms with Gasteiger partial charge in [-0.25, -0.2) is 4.79 Å². The Morgan fingerprint density at radius 2 is 1.74 bits per heavy atom. The highest BCUT2D eigenvalue weighted by atomic mass is 16.5. The Labute approximate surface area is 183 Å². The summed E-state index contributed by atoms with van der Waals surface area (Å²) in [4.78, 5) is 36.7. The Balaban J connectivity index is 3.04. The fourth-order valence-corrected chi connectivity index (χ4v) is 2.71. The lowest BCUT2D eigenvalue weighted by Gasteiger charge is -2.23. The quantitative estimate of drug-likeness (QED) is 0.328. The molecule has 0 aliphatic heterocycles. The number of rotatable bonds is 12. The van der Waals surface area contributed by atoms with Gasteiger partial charge in [0.05, 0.1) is 12.2 Å². The molecule has 0 heterocycles. The van der Waals surface area contributed by atoms with E-state index in [-0.39, 0.29) is 36.5 Å². The van der Waals surface area contributed by atoms with Crippen molar-refractivity contribution in [2.45, 2.75) is 59.2 Å². The number of ether oxygens (including phenoxy) is 1. The van der Waals surface area contributed by atoms with Crippen LogP contribution >= 0.6 is 0 Å². The van der Waals surface area contributed by atoms with Crippen LogP contribution in [0.5, 0.6) is 5.75 Å². The summed E-state index contributed by atoms with van der Waals surface area (Å²) >= 11 is 0. The molecule has 6 N–H and O–H groups in total. The predicted molar refractivity (Wildman–Crippen MR) is 117 cm³/mol. The first-order chi connectivity index (χ1) is 14.5. The van der Waals surface area contributed by atoms with Gasteiger partial charge >= 0.3 is 5.97 Å². The first kappa shape index (κ1) is 26.4. The molecule has 1 aromatic rings. The summed E-state index contributed by atoms with van der Waals surface area (Å²) in [6, 6.07) is 2.46. The van der Waals surface area contributed by atoms with E-state index < -0.39 is 36.5 Å². The lowest BCUT2D eigenvalue weighted by Crippen LogP contribution is -2.53. The molecular formula is C22H35N3O6. The topological polar surface area (TPSA) is 151 Å². The van der Waals surface area contributed by atoms with E-state index in [1.807, 2.05) is 34.6 Å². The van der Waals surface area contributed by atoms with E-state index in [2.05, 4.69) is 10.6 Å². The number of carboxylic acids is 1. The van der Waals surface area contributed by atoms with Crippen LogP contribution in [0, 0.1) is 18.8 Å². The number of nitrogens with one attached hydrogen (secondary N) is 2. The van der Waals surface area contributed by atoms with Crippen LogP contribution < -0.4 is 21.1 Å². The third-order valence-corrected chi connectivity index (χ3v) is 4.80. The number of aliphatic carboxylic acids is 1. The van der Waals surface area contributed by atoms with Crippen LogP contribution in [0.2, 0.25) is 0 Å². The van der Waals surface area contributed by atoms with Gasteiger partial charge in [-0.15, -0.1) is 0 Å². The minimum absolute atomic E-state index is 0.0474. The van der Waals surface area contributed by atoms with E-state index in [4.69, 9.17) is 20.7 Å². The van der Waals surface area contributed by atoms with E-state index in [0.717, 1.165) is 5.56 Å². The van der Waals surface area contributed by atoms with Crippen molar-refractivity contribution >= 4 is 17.8 Å². The summed E-state index contributed by atoms with van der Waals surface area (Å²) in [7, 11) is 0. The lowest BCUT2D eigenvalue weighted by molar-refractivity contribution is -0.143. The Kier molecular flexibility index (Phi) is 10.4. The number of hydrogen-bond donors (Lipinski definition) is 5. The molecule has 0 saturated carbocycles. The highest BCUT2D eigenvalue weighted by Gasteiger charge is 2.28. The van der Waals surface area contributed by atoms with Gasteiger partial charge in [0.25, 0.3) is 5.91 Å². The second kappa shape index (κ2) is 12.3. The van der Waals surface area contributed by atoms with Gasteiger partial charge in [-0.1, -0.05) is 33.8 Å². The van der Waals surface area contributed by atoms with Gasteiger partial charge in [-0.3, -0.25) is 9.59 Å². The zero-order valence-electron chi connectivity index (χ0n) is 18.8. The minimum Gasteiger partial charge on any atom is -0.491 e. The summed E-state index contributed by atoms with van der Waals surface area (Å²) in [6.07, 6.45) is 0.287. The maximum Gasteiger partial charge on any atom is 0.328 e. The average Bonchev–Trinajstić information content (AvgIpc) is 2.68. The maximum atomic E-state index is 13.0. The molecule has 31 heavy (non-hydrogen) atoms. The number of nitrogens with two attached hydrogens (primary N) is 1. The van der Waals surface area contributed by atoms with Gasteiger partial charge in [0.15, 0.2) is 0 Å². The summed E-state index contributed by atoms with van der Waals surface area (Å²) < 4.78 is 5.80. The number of aliphatic hydroxyl groups is 1.